The molecule has 0 aliphatic carbocycles. The van der Waals surface area contributed by atoms with Crippen molar-refractivity contribution in [2.24, 2.45) is 0 Å². The summed E-state index contributed by atoms with van der Waals surface area (Å²) >= 11 is 0. The Kier molecular flexibility index (Phi) is 1.31. The van der Waals surface area contributed by atoms with Crippen LogP contribution < -0.4 is 5.56 Å². The summed E-state index contributed by atoms with van der Waals surface area (Å²) in [7, 11) is 0. The molecule has 58 valence electrons. The zero-order valence-corrected chi connectivity index (χ0v) is 6.50. The van der Waals surface area contributed by atoms with Crippen LogP contribution in [-0.4, -0.2) is 9.55 Å². The molecule has 1 aromatic rings. The van der Waals surface area contributed by atoms with Crippen molar-refractivity contribution in [3.8, 4) is 0 Å². The standard InChI is InChI=1S/C8H10N2O/c1-6-5-8(11)9-7-3-2-4-10(6)7/h5H,2-4H2,1H3. The van der Waals surface area contributed by atoms with Crippen LogP contribution in [0.25, 0.3) is 0 Å². The fourth-order valence-electron chi connectivity index (χ4n) is 1.57. The van der Waals surface area contributed by atoms with E-state index in [-0.39, 0.29) is 5.56 Å². The van der Waals surface area contributed by atoms with Crippen molar-refractivity contribution in [2.75, 3.05) is 0 Å². The van der Waals surface area contributed by atoms with Crippen LogP contribution in [0, 0.1) is 6.92 Å². The topological polar surface area (TPSA) is 34.9 Å². The molecular weight excluding hydrogens is 140 g/mol. The molecule has 3 nitrogen and oxygen atoms in total. The first-order chi connectivity index (χ1) is 5.27. The van der Waals surface area contributed by atoms with Gasteiger partial charge in [0.1, 0.15) is 5.82 Å². The van der Waals surface area contributed by atoms with Crippen molar-refractivity contribution in [2.45, 2.75) is 26.3 Å². The van der Waals surface area contributed by atoms with Gasteiger partial charge >= 0.3 is 0 Å². The SMILES string of the molecule is Cc1cc(=O)nc2n1CCC2. The lowest BCUT2D eigenvalue weighted by molar-refractivity contribution is 0.708. The molecule has 11 heavy (non-hydrogen) atoms. The highest BCUT2D eigenvalue weighted by Crippen LogP contribution is 2.11. The van der Waals surface area contributed by atoms with Crippen molar-refractivity contribution in [3.05, 3.63) is 27.9 Å². The van der Waals surface area contributed by atoms with Gasteiger partial charge in [-0.25, -0.2) is 0 Å². The number of rotatable bonds is 0. The number of aryl methyl sites for hydroxylation is 2. The van der Waals surface area contributed by atoms with E-state index >= 15 is 0 Å². The van der Waals surface area contributed by atoms with Gasteiger partial charge in [0, 0.05) is 24.7 Å². The Bertz CT molecular complexity index is 340. The second-order valence-corrected chi connectivity index (χ2v) is 2.91. The van der Waals surface area contributed by atoms with Crippen LogP contribution >= 0.6 is 0 Å². The van der Waals surface area contributed by atoms with Gasteiger partial charge in [0.25, 0.3) is 5.56 Å². The molecule has 3 heteroatoms. The first-order valence-electron chi connectivity index (χ1n) is 3.85. The Morgan fingerprint density at radius 3 is 3.27 bits per heavy atom. The van der Waals surface area contributed by atoms with E-state index in [0.717, 1.165) is 30.9 Å². The molecular formula is C8H10N2O. The van der Waals surface area contributed by atoms with Crippen LogP contribution in [-0.2, 0) is 13.0 Å². The summed E-state index contributed by atoms with van der Waals surface area (Å²) in [6, 6.07) is 1.59. The summed E-state index contributed by atoms with van der Waals surface area (Å²) in [5, 5.41) is 0. The maximum atomic E-state index is 10.9. The summed E-state index contributed by atoms with van der Waals surface area (Å²) in [6.07, 6.45) is 2.08. The van der Waals surface area contributed by atoms with Gasteiger partial charge in [-0.15, -0.1) is 0 Å². The van der Waals surface area contributed by atoms with E-state index in [0.29, 0.717) is 0 Å². The van der Waals surface area contributed by atoms with E-state index in [2.05, 4.69) is 9.55 Å². The smallest absolute Gasteiger partial charge is 0.273 e. The van der Waals surface area contributed by atoms with Crippen molar-refractivity contribution >= 4 is 0 Å². The van der Waals surface area contributed by atoms with Gasteiger partial charge < -0.3 is 4.57 Å². The minimum atomic E-state index is -0.101. The predicted molar refractivity (Wildman–Crippen MR) is 41.6 cm³/mol. The van der Waals surface area contributed by atoms with Gasteiger partial charge in [-0.3, -0.25) is 4.79 Å². The highest BCUT2D eigenvalue weighted by atomic mass is 16.1. The molecule has 0 amide bonds. The Labute approximate surface area is 64.7 Å². The van der Waals surface area contributed by atoms with Crippen molar-refractivity contribution in [3.63, 3.8) is 0 Å². The second kappa shape index (κ2) is 2.19. The molecule has 1 aliphatic rings. The molecule has 0 aromatic carbocycles. The normalized spacial score (nSPS) is 15.0. The molecule has 0 atom stereocenters. The van der Waals surface area contributed by atoms with E-state index in [1.165, 1.54) is 0 Å². The van der Waals surface area contributed by atoms with Crippen LogP contribution in [0.5, 0.6) is 0 Å². The zero-order valence-electron chi connectivity index (χ0n) is 6.50. The minimum absolute atomic E-state index is 0.101. The molecule has 1 aliphatic heterocycles. The number of hydrogen-bond donors (Lipinski definition) is 0. The maximum Gasteiger partial charge on any atom is 0.273 e. The van der Waals surface area contributed by atoms with E-state index in [1.807, 2.05) is 6.92 Å². The monoisotopic (exact) mass is 150 g/mol. The molecule has 2 heterocycles. The number of aromatic nitrogens is 2. The summed E-state index contributed by atoms with van der Waals surface area (Å²) in [4.78, 5) is 14.8. The number of nitrogens with zero attached hydrogens (tertiary/aromatic N) is 2. The molecule has 0 fully saturated rings. The Hall–Kier alpha value is -1.12. The van der Waals surface area contributed by atoms with Gasteiger partial charge in [0.05, 0.1) is 0 Å². The number of fused-ring (bicyclic) bond motifs is 1. The van der Waals surface area contributed by atoms with E-state index in [9.17, 15) is 4.79 Å². The molecule has 0 radical (unpaired) electrons. The fraction of sp³-hybridized carbons (Fsp3) is 0.500. The van der Waals surface area contributed by atoms with E-state index in [4.69, 9.17) is 0 Å². The predicted octanol–water partition coefficient (Wildman–Crippen LogP) is 0.498. The lowest BCUT2D eigenvalue weighted by Crippen LogP contribution is -2.14. The van der Waals surface area contributed by atoms with Crippen molar-refractivity contribution in [1.29, 1.82) is 0 Å². The largest absolute Gasteiger partial charge is 0.334 e. The third kappa shape index (κ3) is 0.964. The number of hydrogen-bond acceptors (Lipinski definition) is 2. The molecule has 0 bridgehead atoms. The molecule has 1 aromatic heterocycles. The average Bonchev–Trinajstić information content (AvgIpc) is 2.34. The van der Waals surface area contributed by atoms with Crippen LogP contribution in [0.3, 0.4) is 0 Å². The highest BCUT2D eigenvalue weighted by Gasteiger charge is 2.11. The third-order valence-electron chi connectivity index (χ3n) is 2.09. The van der Waals surface area contributed by atoms with Crippen LogP contribution in [0.2, 0.25) is 0 Å². The average molecular weight is 150 g/mol. The van der Waals surface area contributed by atoms with Crippen molar-refractivity contribution in [1.82, 2.24) is 9.55 Å². The molecule has 2 rings (SSSR count). The van der Waals surface area contributed by atoms with Crippen LogP contribution in [0.15, 0.2) is 10.9 Å². The maximum absolute atomic E-state index is 10.9. The first-order valence-corrected chi connectivity index (χ1v) is 3.85. The van der Waals surface area contributed by atoms with Crippen LogP contribution in [0.1, 0.15) is 17.9 Å². The quantitative estimate of drug-likeness (QED) is 0.539. The van der Waals surface area contributed by atoms with E-state index < -0.39 is 0 Å². The fourth-order valence-corrected chi connectivity index (χ4v) is 1.57. The van der Waals surface area contributed by atoms with E-state index in [1.54, 1.807) is 6.07 Å². The first kappa shape index (κ1) is 6.58. The van der Waals surface area contributed by atoms with Crippen molar-refractivity contribution < 1.29 is 0 Å². The Morgan fingerprint density at radius 2 is 2.45 bits per heavy atom. The molecule has 0 saturated carbocycles. The molecule has 0 N–H and O–H groups in total. The van der Waals surface area contributed by atoms with Crippen LogP contribution in [0.4, 0.5) is 0 Å². The second-order valence-electron chi connectivity index (χ2n) is 2.91. The third-order valence-corrected chi connectivity index (χ3v) is 2.09. The molecule has 0 spiro atoms. The van der Waals surface area contributed by atoms with Gasteiger partial charge in [0.2, 0.25) is 0 Å². The highest BCUT2D eigenvalue weighted by molar-refractivity contribution is 5.07. The molecule has 0 saturated heterocycles. The Morgan fingerprint density at radius 1 is 1.64 bits per heavy atom. The van der Waals surface area contributed by atoms with Gasteiger partial charge in [-0.05, 0) is 13.3 Å². The lowest BCUT2D eigenvalue weighted by Gasteiger charge is -2.04. The summed E-state index contributed by atoms with van der Waals surface area (Å²) in [5.74, 6) is 0.954. The minimum Gasteiger partial charge on any atom is -0.334 e. The summed E-state index contributed by atoms with van der Waals surface area (Å²) in [5.41, 5.74) is 0.938. The summed E-state index contributed by atoms with van der Waals surface area (Å²) < 4.78 is 2.11. The molecule has 0 unspecified atom stereocenters. The zero-order chi connectivity index (χ0) is 7.84. The lowest BCUT2D eigenvalue weighted by atomic mass is 10.4. The van der Waals surface area contributed by atoms with Gasteiger partial charge in [-0.1, -0.05) is 0 Å². The summed E-state index contributed by atoms with van der Waals surface area (Å²) in [6.45, 7) is 2.98. The Balaban J connectivity index is 2.70. The van der Waals surface area contributed by atoms with Gasteiger partial charge in [0.15, 0.2) is 0 Å². The van der Waals surface area contributed by atoms with Gasteiger partial charge in [-0.2, -0.15) is 4.98 Å².